The average Bonchev–Trinajstić information content (AvgIpc) is 2.42. The second kappa shape index (κ2) is 4.85. The van der Waals surface area contributed by atoms with E-state index in [1.54, 1.807) is 0 Å². The molecule has 4 heteroatoms. The fraction of sp³-hybridized carbons (Fsp3) is 0.333. The Kier molecular flexibility index (Phi) is 4.04. The maximum Gasteiger partial charge on any atom is 0.183 e. The lowest BCUT2D eigenvalue weighted by Gasteiger charge is -2.03. The molecule has 13 heavy (non-hydrogen) atoms. The Morgan fingerprint density at radius 3 is 2.85 bits per heavy atom. The van der Waals surface area contributed by atoms with Crippen LogP contribution < -0.4 is 5.32 Å². The highest BCUT2D eigenvalue weighted by molar-refractivity contribution is 9.13. The first kappa shape index (κ1) is 10.8. The quantitative estimate of drug-likeness (QED) is 0.869. The summed E-state index contributed by atoms with van der Waals surface area (Å²) in [5.41, 5.74) is 0. The summed E-state index contributed by atoms with van der Waals surface area (Å²) >= 11 is 6.59. The zero-order chi connectivity index (χ0) is 9.84. The van der Waals surface area contributed by atoms with Crippen molar-refractivity contribution in [3.05, 3.63) is 21.0 Å². The molecule has 0 radical (unpaired) electrons. The van der Waals surface area contributed by atoms with E-state index in [1.165, 1.54) is 0 Å². The Balaban J connectivity index is 2.51. The smallest absolute Gasteiger partial charge is 0.183 e. The van der Waals surface area contributed by atoms with Crippen molar-refractivity contribution in [1.29, 1.82) is 0 Å². The van der Waals surface area contributed by atoms with Crippen LogP contribution in [0.5, 0.6) is 0 Å². The van der Waals surface area contributed by atoms with E-state index in [0.29, 0.717) is 11.2 Å². The monoisotopic (exact) mass is 305 g/mol. The number of hydrogen-bond acceptors (Lipinski definition) is 2. The first-order chi connectivity index (χ1) is 6.13. The molecule has 1 aromatic rings. The van der Waals surface area contributed by atoms with Gasteiger partial charge in [-0.05, 0) is 44.8 Å². The van der Waals surface area contributed by atoms with E-state index < -0.39 is 0 Å². The number of halogens is 2. The van der Waals surface area contributed by atoms with Crippen molar-refractivity contribution in [3.63, 3.8) is 0 Å². The molecule has 0 aliphatic heterocycles. The lowest BCUT2D eigenvalue weighted by molar-refractivity contribution is 0.459. The second-order valence-corrected chi connectivity index (χ2v) is 4.18. The highest BCUT2D eigenvalue weighted by Gasteiger charge is 2.06. The third-order valence-corrected chi connectivity index (χ3v) is 3.24. The van der Waals surface area contributed by atoms with Gasteiger partial charge in [-0.15, -0.1) is 6.42 Å². The number of furan rings is 1. The molecule has 0 saturated carbocycles. The van der Waals surface area contributed by atoms with Crippen molar-refractivity contribution in [3.8, 4) is 12.3 Å². The predicted molar refractivity (Wildman–Crippen MR) is 59.2 cm³/mol. The fourth-order valence-corrected chi connectivity index (χ4v) is 1.45. The molecule has 2 nitrogen and oxygen atoms in total. The highest BCUT2D eigenvalue weighted by atomic mass is 79.9. The molecule has 0 aliphatic rings. The Hall–Kier alpha value is -0.240. The van der Waals surface area contributed by atoms with Crippen LogP contribution in [0.15, 0.2) is 19.6 Å². The standard InChI is InChI=1S/C9H9Br2NO/c1-3-6(2)12-5-7-4-8(10)9(11)13-7/h1,4,6,12H,5H2,2H3. The van der Waals surface area contributed by atoms with Crippen LogP contribution in [0.3, 0.4) is 0 Å². The Morgan fingerprint density at radius 1 is 1.69 bits per heavy atom. The summed E-state index contributed by atoms with van der Waals surface area (Å²) < 4.78 is 6.97. The summed E-state index contributed by atoms with van der Waals surface area (Å²) in [7, 11) is 0. The topological polar surface area (TPSA) is 25.2 Å². The maximum absolute atomic E-state index is 5.35. The summed E-state index contributed by atoms with van der Waals surface area (Å²) in [4.78, 5) is 0. The molecule has 0 bridgehead atoms. The van der Waals surface area contributed by atoms with Gasteiger partial charge in [0, 0.05) is 0 Å². The molecular formula is C9H9Br2NO. The van der Waals surface area contributed by atoms with Crippen molar-refractivity contribution >= 4 is 31.9 Å². The molecule has 0 aliphatic carbocycles. The summed E-state index contributed by atoms with van der Waals surface area (Å²) in [6, 6.07) is 1.96. The number of hydrogen-bond donors (Lipinski definition) is 1. The molecule has 1 unspecified atom stereocenters. The summed E-state index contributed by atoms with van der Waals surface area (Å²) in [5.74, 6) is 3.43. The van der Waals surface area contributed by atoms with Crippen LogP contribution in [-0.2, 0) is 6.54 Å². The number of terminal acetylenes is 1. The minimum atomic E-state index is 0.0580. The van der Waals surface area contributed by atoms with Crippen LogP contribution in [0.2, 0.25) is 0 Å². The third-order valence-electron chi connectivity index (χ3n) is 1.53. The molecule has 1 atom stereocenters. The molecule has 1 N–H and O–H groups in total. The van der Waals surface area contributed by atoms with E-state index in [2.05, 4.69) is 43.1 Å². The van der Waals surface area contributed by atoms with Crippen LogP contribution in [-0.4, -0.2) is 6.04 Å². The van der Waals surface area contributed by atoms with Gasteiger partial charge in [0.15, 0.2) is 4.67 Å². The van der Waals surface area contributed by atoms with Crippen molar-refractivity contribution in [2.75, 3.05) is 0 Å². The van der Waals surface area contributed by atoms with Crippen LogP contribution >= 0.6 is 31.9 Å². The fourth-order valence-electron chi connectivity index (χ4n) is 0.791. The van der Waals surface area contributed by atoms with Gasteiger partial charge in [-0.2, -0.15) is 0 Å². The third kappa shape index (κ3) is 3.18. The van der Waals surface area contributed by atoms with Crippen molar-refractivity contribution in [2.45, 2.75) is 19.5 Å². The summed E-state index contributed by atoms with van der Waals surface area (Å²) in [5, 5.41) is 3.12. The molecule has 70 valence electrons. The van der Waals surface area contributed by atoms with Crippen molar-refractivity contribution in [2.24, 2.45) is 0 Å². The van der Waals surface area contributed by atoms with Gasteiger partial charge < -0.3 is 4.42 Å². The van der Waals surface area contributed by atoms with E-state index >= 15 is 0 Å². The van der Waals surface area contributed by atoms with E-state index in [1.807, 2.05) is 13.0 Å². The molecule has 0 saturated heterocycles. The molecule has 0 fully saturated rings. The Bertz CT molecular complexity index is 307. The van der Waals surface area contributed by atoms with E-state index in [9.17, 15) is 0 Å². The van der Waals surface area contributed by atoms with Crippen LogP contribution in [0.4, 0.5) is 0 Å². The maximum atomic E-state index is 5.35. The highest BCUT2D eigenvalue weighted by Crippen LogP contribution is 2.26. The first-order valence-corrected chi connectivity index (χ1v) is 5.35. The molecule has 1 heterocycles. The zero-order valence-corrected chi connectivity index (χ0v) is 10.3. The molecule has 1 rings (SSSR count). The van der Waals surface area contributed by atoms with Gasteiger partial charge in [-0.3, -0.25) is 5.32 Å². The van der Waals surface area contributed by atoms with E-state index in [4.69, 9.17) is 10.8 Å². The largest absolute Gasteiger partial charge is 0.452 e. The summed E-state index contributed by atoms with van der Waals surface area (Å²) in [6.45, 7) is 2.56. The Labute approximate surface area is 94.3 Å². The second-order valence-electron chi connectivity index (χ2n) is 2.60. The van der Waals surface area contributed by atoms with Gasteiger partial charge in [-0.1, -0.05) is 5.92 Å². The van der Waals surface area contributed by atoms with Gasteiger partial charge >= 0.3 is 0 Å². The lowest BCUT2D eigenvalue weighted by atomic mass is 10.3. The SMILES string of the molecule is C#CC(C)NCc1cc(Br)c(Br)o1. The van der Waals surface area contributed by atoms with E-state index in [-0.39, 0.29) is 6.04 Å². The van der Waals surface area contributed by atoms with E-state index in [0.717, 1.165) is 10.2 Å². The average molecular weight is 307 g/mol. The minimum Gasteiger partial charge on any atom is -0.452 e. The number of nitrogens with one attached hydrogen (secondary N) is 1. The van der Waals surface area contributed by atoms with Crippen molar-refractivity contribution < 1.29 is 4.42 Å². The summed E-state index contributed by atoms with van der Waals surface area (Å²) in [6.07, 6.45) is 5.21. The van der Waals surface area contributed by atoms with Gasteiger partial charge in [0.2, 0.25) is 0 Å². The lowest BCUT2D eigenvalue weighted by Crippen LogP contribution is -2.23. The number of rotatable bonds is 3. The molecule has 0 spiro atoms. The minimum absolute atomic E-state index is 0.0580. The molecule has 1 aromatic heterocycles. The molecule has 0 aromatic carbocycles. The normalized spacial score (nSPS) is 12.5. The van der Waals surface area contributed by atoms with Gasteiger partial charge in [0.1, 0.15) is 5.76 Å². The Morgan fingerprint density at radius 2 is 2.38 bits per heavy atom. The van der Waals surface area contributed by atoms with Gasteiger partial charge in [0.25, 0.3) is 0 Å². The van der Waals surface area contributed by atoms with Crippen LogP contribution in [0.1, 0.15) is 12.7 Å². The van der Waals surface area contributed by atoms with Crippen LogP contribution in [0.25, 0.3) is 0 Å². The zero-order valence-electron chi connectivity index (χ0n) is 7.10. The first-order valence-electron chi connectivity index (χ1n) is 3.76. The molecule has 0 amide bonds. The van der Waals surface area contributed by atoms with Gasteiger partial charge in [0.05, 0.1) is 17.1 Å². The van der Waals surface area contributed by atoms with Gasteiger partial charge in [-0.25, -0.2) is 0 Å². The molecular weight excluding hydrogens is 298 g/mol. The van der Waals surface area contributed by atoms with Crippen molar-refractivity contribution in [1.82, 2.24) is 5.32 Å². The van der Waals surface area contributed by atoms with Crippen LogP contribution in [0, 0.1) is 12.3 Å². The predicted octanol–water partition coefficient (Wildman–Crippen LogP) is 2.92.